The summed E-state index contributed by atoms with van der Waals surface area (Å²) in [7, 11) is 0. The van der Waals surface area contributed by atoms with E-state index in [0.29, 0.717) is 37.4 Å². The fraction of sp³-hybridized carbons (Fsp3) is 0.737. The van der Waals surface area contributed by atoms with E-state index in [2.05, 4.69) is 4.98 Å². The zero-order valence-corrected chi connectivity index (χ0v) is 14.2. The first kappa shape index (κ1) is 14.8. The van der Waals surface area contributed by atoms with Crippen molar-refractivity contribution in [3.05, 3.63) is 23.3 Å². The Kier molecular flexibility index (Phi) is 3.40. The molecular formula is C19H25N3O2. The van der Waals surface area contributed by atoms with E-state index in [9.17, 15) is 4.79 Å². The van der Waals surface area contributed by atoms with E-state index in [1.807, 2.05) is 11.1 Å². The zero-order chi connectivity index (χ0) is 16.1. The molecule has 1 amide bonds. The van der Waals surface area contributed by atoms with Crippen LogP contribution in [0.25, 0.3) is 0 Å². The molecule has 3 fully saturated rings. The van der Waals surface area contributed by atoms with Crippen LogP contribution in [0.1, 0.15) is 74.4 Å². The lowest BCUT2D eigenvalue weighted by atomic mass is 9.86. The molecular weight excluding hydrogens is 302 g/mol. The third-order valence-corrected chi connectivity index (χ3v) is 6.24. The Bertz CT molecular complexity index is 659. The lowest BCUT2D eigenvalue weighted by molar-refractivity contribution is -0.169. The summed E-state index contributed by atoms with van der Waals surface area (Å²) in [6.07, 6.45) is 11.5. The van der Waals surface area contributed by atoms with E-state index in [0.717, 1.165) is 23.5 Å². The van der Waals surface area contributed by atoms with Gasteiger partial charge in [-0.25, -0.2) is 9.97 Å². The fourth-order valence-corrected chi connectivity index (χ4v) is 4.47. The SMILES string of the molecule is O=C(CC1CC1)N1CC2(C1)OCc1nc(C3CCCCC3)ncc12. The number of fused-ring (bicyclic) bond motifs is 2. The van der Waals surface area contributed by atoms with Crippen LogP contribution in [0.15, 0.2) is 6.20 Å². The number of carbonyl (C=O) groups is 1. The summed E-state index contributed by atoms with van der Waals surface area (Å²) in [6.45, 7) is 1.93. The van der Waals surface area contributed by atoms with Gasteiger partial charge in [0.15, 0.2) is 0 Å². The van der Waals surface area contributed by atoms with Crippen LogP contribution in [0.3, 0.4) is 0 Å². The highest BCUT2D eigenvalue weighted by molar-refractivity contribution is 5.78. The molecule has 2 aliphatic carbocycles. The lowest BCUT2D eigenvalue weighted by Crippen LogP contribution is -2.61. The minimum absolute atomic E-state index is 0.292. The van der Waals surface area contributed by atoms with E-state index < -0.39 is 0 Å². The number of aromatic nitrogens is 2. The molecule has 2 saturated carbocycles. The Hall–Kier alpha value is -1.49. The molecule has 2 aliphatic heterocycles. The van der Waals surface area contributed by atoms with Crippen LogP contribution in [0.2, 0.25) is 0 Å². The molecule has 1 saturated heterocycles. The minimum atomic E-state index is -0.320. The topological polar surface area (TPSA) is 55.3 Å². The molecule has 5 rings (SSSR count). The molecule has 1 spiro atoms. The standard InChI is InChI=1S/C19H25N3O2/c23-17(8-13-6-7-13)22-11-19(12-22)15-9-20-18(21-16(15)10-24-19)14-4-2-1-3-5-14/h9,13-14H,1-8,10-12H2. The number of nitrogens with zero attached hydrogens (tertiary/aromatic N) is 3. The Morgan fingerprint density at radius 1 is 1.21 bits per heavy atom. The molecule has 5 nitrogen and oxygen atoms in total. The summed E-state index contributed by atoms with van der Waals surface area (Å²) in [5.74, 6) is 2.47. The Morgan fingerprint density at radius 3 is 2.75 bits per heavy atom. The summed E-state index contributed by atoms with van der Waals surface area (Å²) in [4.78, 5) is 23.7. The molecule has 24 heavy (non-hydrogen) atoms. The van der Waals surface area contributed by atoms with Gasteiger partial charge in [0, 0.05) is 24.1 Å². The second-order valence-electron chi connectivity index (χ2n) is 8.10. The number of rotatable bonds is 3. The first-order chi connectivity index (χ1) is 11.7. The summed E-state index contributed by atoms with van der Waals surface area (Å²) in [5, 5.41) is 0. The lowest BCUT2D eigenvalue weighted by Gasteiger charge is -2.47. The van der Waals surface area contributed by atoms with E-state index in [1.165, 1.54) is 44.9 Å². The Labute approximate surface area is 142 Å². The van der Waals surface area contributed by atoms with Crippen molar-refractivity contribution >= 4 is 5.91 Å². The quantitative estimate of drug-likeness (QED) is 0.856. The van der Waals surface area contributed by atoms with Crippen LogP contribution in [-0.2, 0) is 21.7 Å². The highest BCUT2D eigenvalue weighted by Gasteiger charge is 2.52. The molecule has 0 atom stereocenters. The number of hydrogen-bond donors (Lipinski definition) is 0. The number of carbonyl (C=O) groups excluding carboxylic acids is 1. The van der Waals surface area contributed by atoms with Gasteiger partial charge in [-0.15, -0.1) is 0 Å². The summed E-state index contributed by atoms with van der Waals surface area (Å²) >= 11 is 0. The molecule has 1 aromatic rings. The average Bonchev–Trinajstić information content (AvgIpc) is 3.31. The Balaban J connectivity index is 1.30. The molecule has 5 heteroatoms. The molecule has 0 unspecified atom stereocenters. The first-order valence-electron chi connectivity index (χ1n) is 9.51. The molecule has 3 heterocycles. The van der Waals surface area contributed by atoms with Gasteiger partial charge in [-0.2, -0.15) is 0 Å². The second-order valence-corrected chi connectivity index (χ2v) is 8.10. The molecule has 4 aliphatic rings. The van der Waals surface area contributed by atoms with Gasteiger partial charge in [0.1, 0.15) is 11.4 Å². The second kappa shape index (κ2) is 5.51. The highest BCUT2D eigenvalue weighted by Crippen LogP contribution is 2.44. The van der Waals surface area contributed by atoms with Crippen molar-refractivity contribution in [2.75, 3.05) is 13.1 Å². The van der Waals surface area contributed by atoms with E-state index in [-0.39, 0.29) is 5.60 Å². The number of likely N-dealkylation sites (tertiary alicyclic amines) is 1. The largest absolute Gasteiger partial charge is 0.360 e. The predicted molar refractivity (Wildman–Crippen MR) is 88.2 cm³/mol. The van der Waals surface area contributed by atoms with Gasteiger partial charge in [0.25, 0.3) is 0 Å². The van der Waals surface area contributed by atoms with Gasteiger partial charge in [0.05, 0.1) is 25.4 Å². The highest BCUT2D eigenvalue weighted by atomic mass is 16.5. The fourth-order valence-electron chi connectivity index (χ4n) is 4.47. The number of hydrogen-bond acceptors (Lipinski definition) is 4. The van der Waals surface area contributed by atoms with Crippen molar-refractivity contribution < 1.29 is 9.53 Å². The summed E-state index contributed by atoms with van der Waals surface area (Å²) < 4.78 is 6.09. The monoisotopic (exact) mass is 327 g/mol. The summed E-state index contributed by atoms with van der Waals surface area (Å²) in [6, 6.07) is 0. The van der Waals surface area contributed by atoms with Gasteiger partial charge in [0.2, 0.25) is 5.91 Å². The molecule has 128 valence electrons. The van der Waals surface area contributed by atoms with E-state index in [1.54, 1.807) is 0 Å². The van der Waals surface area contributed by atoms with E-state index in [4.69, 9.17) is 9.72 Å². The van der Waals surface area contributed by atoms with Crippen LogP contribution in [0.4, 0.5) is 0 Å². The van der Waals surface area contributed by atoms with Gasteiger partial charge in [-0.3, -0.25) is 4.79 Å². The third-order valence-electron chi connectivity index (χ3n) is 6.24. The van der Waals surface area contributed by atoms with E-state index >= 15 is 0 Å². The maximum atomic E-state index is 12.2. The molecule has 0 N–H and O–H groups in total. The zero-order valence-electron chi connectivity index (χ0n) is 14.2. The van der Waals surface area contributed by atoms with Crippen molar-refractivity contribution in [2.24, 2.45) is 5.92 Å². The number of ether oxygens (including phenoxy) is 1. The normalized spacial score (nSPS) is 25.6. The van der Waals surface area contributed by atoms with Gasteiger partial charge >= 0.3 is 0 Å². The predicted octanol–water partition coefficient (Wildman–Crippen LogP) is 2.89. The summed E-state index contributed by atoms with van der Waals surface area (Å²) in [5.41, 5.74) is 1.86. The maximum absolute atomic E-state index is 12.2. The van der Waals surface area contributed by atoms with Crippen LogP contribution < -0.4 is 0 Å². The average molecular weight is 327 g/mol. The maximum Gasteiger partial charge on any atom is 0.223 e. The number of amides is 1. The molecule has 0 bridgehead atoms. The van der Waals surface area contributed by atoms with Crippen molar-refractivity contribution in [3.8, 4) is 0 Å². The van der Waals surface area contributed by atoms with Crippen molar-refractivity contribution in [1.29, 1.82) is 0 Å². The van der Waals surface area contributed by atoms with Crippen LogP contribution in [0.5, 0.6) is 0 Å². The molecule has 1 aromatic heterocycles. The smallest absolute Gasteiger partial charge is 0.223 e. The molecule has 0 radical (unpaired) electrons. The minimum Gasteiger partial charge on any atom is -0.360 e. The Morgan fingerprint density at radius 2 is 2.00 bits per heavy atom. The van der Waals surface area contributed by atoms with Gasteiger partial charge in [-0.05, 0) is 31.6 Å². The van der Waals surface area contributed by atoms with Crippen molar-refractivity contribution in [1.82, 2.24) is 14.9 Å². The van der Waals surface area contributed by atoms with Crippen LogP contribution >= 0.6 is 0 Å². The van der Waals surface area contributed by atoms with Crippen LogP contribution in [0, 0.1) is 5.92 Å². The third kappa shape index (κ3) is 2.44. The van der Waals surface area contributed by atoms with Crippen molar-refractivity contribution in [2.45, 2.75) is 69.5 Å². The first-order valence-corrected chi connectivity index (χ1v) is 9.51. The van der Waals surface area contributed by atoms with Gasteiger partial charge in [-0.1, -0.05) is 19.3 Å². The van der Waals surface area contributed by atoms with Crippen molar-refractivity contribution in [3.63, 3.8) is 0 Å². The van der Waals surface area contributed by atoms with Crippen LogP contribution in [-0.4, -0.2) is 33.9 Å². The van der Waals surface area contributed by atoms with Gasteiger partial charge < -0.3 is 9.64 Å². The molecule has 0 aromatic carbocycles.